The molecule has 3 heteroatoms. The number of hydrogen-bond acceptors (Lipinski definition) is 3. The van der Waals surface area contributed by atoms with Gasteiger partial charge in [-0.15, -0.1) is 0 Å². The third-order valence-electron chi connectivity index (χ3n) is 7.12. The van der Waals surface area contributed by atoms with Crippen LogP contribution in [0.4, 0.5) is 4.79 Å². The van der Waals surface area contributed by atoms with E-state index >= 15 is 0 Å². The van der Waals surface area contributed by atoms with Crippen molar-refractivity contribution in [1.29, 1.82) is 0 Å². The lowest BCUT2D eigenvalue weighted by Crippen LogP contribution is -2.34. The van der Waals surface area contributed by atoms with Gasteiger partial charge in [0.1, 0.15) is 12.2 Å². The van der Waals surface area contributed by atoms with Gasteiger partial charge in [0.25, 0.3) is 0 Å². The predicted molar refractivity (Wildman–Crippen MR) is 176 cm³/mol. The number of hydrogen-bond donors (Lipinski definition) is 0. The topological polar surface area (TPSA) is 35.5 Å². The molecule has 2 unspecified atom stereocenters. The lowest BCUT2D eigenvalue weighted by atomic mass is 9.88. The average Bonchev–Trinajstić information content (AvgIpc) is 2.97. The molecule has 0 saturated carbocycles. The van der Waals surface area contributed by atoms with Gasteiger partial charge in [0, 0.05) is 10.8 Å². The summed E-state index contributed by atoms with van der Waals surface area (Å²) in [5, 5.41) is 0. The Kier molecular flexibility index (Phi) is 9.85. The van der Waals surface area contributed by atoms with Crippen LogP contribution < -0.4 is 0 Å². The molecule has 0 aliphatic heterocycles. The van der Waals surface area contributed by atoms with E-state index in [-0.39, 0.29) is 10.8 Å². The van der Waals surface area contributed by atoms with Crippen LogP contribution in [-0.4, -0.2) is 18.4 Å². The van der Waals surface area contributed by atoms with Gasteiger partial charge in [-0.1, -0.05) is 163 Å². The summed E-state index contributed by atoms with van der Waals surface area (Å²) >= 11 is 0. The molecule has 0 spiro atoms. The normalized spacial score (nSPS) is 13.7. The highest BCUT2D eigenvalue weighted by atomic mass is 16.7. The zero-order valence-electron chi connectivity index (χ0n) is 25.6. The molecule has 3 nitrogen and oxygen atoms in total. The van der Waals surface area contributed by atoms with Crippen LogP contribution in [0.5, 0.6) is 0 Å². The fraction of sp³-hybridized carbons (Fsp3) is 0.256. The van der Waals surface area contributed by atoms with Gasteiger partial charge >= 0.3 is 6.16 Å². The maximum Gasteiger partial charge on any atom is 0.509 e. The first kappa shape index (κ1) is 30.6. The molecule has 0 radical (unpaired) electrons. The molecule has 0 saturated heterocycles. The number of rotatable bonds is 8. The van der Waals surface area contributed by atoms with Crippen LogP contribution in [0, 0.1) is 10.8 Å². The number of ether oxygens (including phenoxy) is 2. The van der Waals surface area contributed by atoms with Crippen molar-refractivity contribution in [3.05, 3.63) is 132 Å². The fourth-order valence-electron chi connectivity index (χ4n) is 4.48. The summed E-state index contributed by atoms with van der Waals surface area (Å²) in [6, 6.07) is 37.3. The second-order valence-corrected chi connectivity index (χ2v) is 12.8. The van der Waals surface area contributed by atoms with Crippen molar-refractivity contribution in [1.82, 2.24) is 0 Å². The van der Waals surface area contributed by atoms with Crippen LogP contribution in [0.2, 0.25) is 0 Å². The van der Waals surface area contributed by atoms with Crippen molar-refractivity contribution in [3.63, 3.8) is 0 Å². The molecule has 0 fully saturated rings. The van der Waals surface area contributed by atoms with Crippen LogP contribution in [0.3, 0.4) is 0 Å². The van der Waals surface area contributed by atoms with Gasteiger partial charge in [-0.2, -0.15) is 0 Å². The highest BCUT2D eigenvalue weighted by Crippen LogP contribution is 2.29. The molecule has 4 aromatic rings. The molecule has 0 bridgehead atoms. The van der Waals surface area contributed by atoms with E-state index in [9.17, 15) is 4.79 Å². The SMILES string of the molecule is CC(C)(C)C(/C=C/c1ccc(-c2ccccc2)cc1)OC(=O)OC(/C=C/c1ccc(-c2ccccc2)cc1)C(C)(C)C. The predicted octanol–water partition coefficient (Wildman–Crippen LogP) is 10.7. The molecule has 0 aliphatic rings. The van der Waals surface area contributed by atoms with Crippen molar-refractivity contribution in [2.75, 3.05) is 0 Å². The summed E-state index contributed by atoms with van der Waals surface area (Å²) < 4.78 is 11.8. The third-order valence-corrected chi connectivity index (χ3v) is 7.12. The Morgan fingerprint density at radius 1 is 0.500 bits per heavy atom. The Morgan fingerprint density at radius 3 is 1.12 bits per heavy atom. The summed E-state index contributed by atoms with van der Waals surface area (Å²) in [5.74, 6) is 0. The molecule has 42 heavy (non-hydrogen) atoms. The lowest BCUT2D eigenvalue weighted by molar-refractivity contribution is -0.0281. The first-order valence-corrected chi connectivity index (χ1v) is 14.5. The lowest BCUT2D eigenvalue weighted by Gasteiger charge is -2.31. The van der Waals surface area contributed by atoms with E-state index in [2.05, 4.69) is 72.8 Å². The molecule has 0 heterocycles. The molecular weight excluding hydrogens is 516 g/mol. The Morgan fingerprint density at radius 2 is 0.810 bits per heavy atom. The third kappa shape index (κ3) is 8.81. The van der Waals surface area contributed by atoms with E-state index in [4.69, 9.17) is 9.47 Å². The van der Waals surface area contributed by atoms with Crippen molar-refractivity contribution >= 4 is 18.3 Å². The molecule has 0 N–H and O–H groups in total. The second-order valence-electron chi connectivity index (χ2n) is 12.8. The van der Waals surface area contributed by atoms with Crippen LogP contribution in [-0.2, 0) is 9.47 Å². The van der Waals surface area contributed by atoms with E-state index in [1.54, 1.807) is 0 Å². The quantitative estimate of drug-likeness (QED) is 0.202. The van der Waals surface area contributed by atoms with Crippen LogP contribution in [0.1, 0.15) is 52.7 Å². The van der Waals surface area contributed by atoms with E-state index in [0.717, 1.165) is 22.3 Å². The van der Waals surface area contributed by atoms with Gasteiger partial charge in [0.05, 0.1) is 0 Å². The van der Waals surface area contributed by atoms with Gasteiger partial charge < -0.3 is 9.47 Å². The molecule has 2 atom stereocenters. The Balaban J connectivity index is 1.42. The van der Waals surface area contributed by atoms with Crippen LogP contribution in [0.15, 0.2) is 121 Å². The molecule has 0 aromatic heterocycles. The maximum absolute atomic E-state index is 13.1. The largest absolute Gasteiger partial charge is 0.509 e. The maximum atomic E-state index is 13.1. The number of carbonyl (C=O) groups is 1. The van der Waals surface area contributed by atoms with Gasteiger partial charge in [-0.3, -0.25) is 0 Å². The minimum absolute atomic E-state index is 0.312. The molecular formula is C39H42O3. The highest BCUT2D eigenvalue weighted by Gasteiger charge is 2.31. The zero-order valence-corrected chi connectivity index (χ0v) is 25.6. The first-order chi connectivity index (χ1) is 20.0. The summed E-state index contributed by atoms with van der Waals surface area (Å²) in [7, 11) is 0. The van der Waals surface area contributed by atoms with Crippen molar-refractivity contribution in [3.8, 4) is 22.3 Å². The summed E-state index contributed by atoms with van der Waals surface area (Å²) in [5.41, 5.74) is 6.13. The minimum Gasteiger partial charge on any atom is -0.426 e. The molecule has 216 valence electrons. The van der Waals surface area contributed by atoms with E-state index in [1.807, 2.05) is 102 Å². The van der Waals surface area contributed by atoms with Crippen molar-refractivity contribution in [2.45, 2.75) is 53.8 Å². The molecule has 0 amide bonds. The van der Waals surface area contributed by atoms with Gasteiger partial charge in [0.2, 0.25) is 0 Å². The van der Waals surface area contributed by atoms with Gasteiger partial charge in [-0.25, -0.2) is 4.79 Å². The van der Waals surface area contributed by atoms with Gasteiger partial charge in [-0.05, 0) is 45.5 Å². The van der Waals surface area contributed by atoms with Crippen molar-refractivity contribution in [2.24, 2.45) is 10.8 Å². The Bertz CT molecular complexity index is 1350. The van der Waals surface area contributed by atoms with E-state index < -0.39 is 18.4 Å². The highest BCUT2D eigenvalue weighted by molar-refractivity contribution is 5.67. The van der Waals surface area contributed by atoms with E-state index in [0.29, 0.717) is 0 Å². The number of carbonyl (C=O) groups excluding carboxylic acids is 1. The monoisotopic (exact) mass is 558 g/mol. The average molecular weight is 559 g/mol. The Labute approximate surface area is 251 Å². The Hall–Kier alpha value is -4.37. The number of benzene rings is 4. The van der Waals surface area contributed by atoms with Gasteiger partial charge in [0.15, 0.2) is 0 Å². The smallest absolute Gasteiger partial charge is 0.426 e. The van der Waals surface area contributed by atoms with Crippen molar-refractivity contribution < 1.29 is 14.3 Å². The fourth-order valence-corrected chi connectivity index (χ4v) is 4.48. The van der Waals surface area contributed by atoms with Crippen LogP contribution in [0.25, 0.3) is 34.4 Å². The molecule has 0 aliphatic carbocycles. The second kappa shape index (κ2) is 13.5. The van der Waals surface area contributed by atoms with E-state index in [1.165, 1.54) is 11.1 Å². The first-order valence-electron chi connectivity index (χ1n) is 14.5. The standard InChI is InChI=1S/C39H42O3/c1-38(2,3)35(27-21-29-17-23-33(24-18-29)31-13-9-7-10-14-31)41-37(40)42-36(39(4,5)6)28-22-30-19-25-34(26-20-30)32-15-11-8-12-16-32/h7-28,35-36H,1-6H3/b27-21+,28-22+. The summed E-state index contributed by atoms with van der Waals surface area (Å²) in [4.78, 5) is 13.1. The summed E-state index contributed by atoms with van der Waals surface area (Å²) in [6.45, 7) is 12.3. The molecule has 4 rings (SSSR count). The van der Waals surface area contributed by atoms with Crippen LogP contribution >= 0.6 is 0 Å². The summed E-state index contributed by atoms with van der Waals surface area (Å²) in [6.07, 6.45) is 6.27. The molecule has 4 aromatic carbocycles. The zero-order chi connectivity index (χ0) is 30.2. The minimum atomic E-state index is -0.678.